The Balaban J connectivity index is 2.88. The monoisotopic (exact) mass is 327 g/mol. The van der Waals surface area contributed by atoms with Gasteiger partial charge in [-0.15, -0.1) is 0 Å². The summed E-state index contributed by atoms with van der Waals surface area (Å²) in [5, 5.41) is 8.75. The summed E-state index contributed by atoms with van der Waals surface area (Å²) in [6.45, 7) is 3.77. The van der Waals surface area contributed by atoms with Crippen LogP contribution in [-0.2, 0) is 20.4 Å². The highest BCUT2D eigenvalue weighted by Gasteiger charge is 2.19. The molecule has 1 aromatic rings. The van der Waals surface area contributed by atoms with E-state index >= 15 is 0 Å². The van der Waals surface area contributed by atoms with Gasteiger partial charge in [-0.3, -0.25) is 9.59 Å². The highest BCUT2D eigenvalue weighted by atomic mass is 32.2. The van der Waals surface area contributed by atoms with E-state index in [2.05, 4.69) is 0 Å². The van der Waals surface area contributed by atoms with Crippen molar-refractivity contribution in [3.63, 3.8) is 0 Å². The first-order valence-corrected chi connectivity index (χ1v) is 8.95. The molecule has 0 heterocycles. The third-order valence-corrected chi connectivity index (χ3v) is 3.94. The molecule has 0 aliphatic carbocycles. The molecule has 0 unspecified atom stereocenters. The van der Waals surface area contributed by atoms with Gasteiger partial charge in [-0.1, -0.05) is 12.1 Å². The van der Waals surface area contributed by atoms with Crippen molar-refractivity contribution in [1.29, 1.82) is 0 Å². The van der Waals surface area contributed by atoms with Crippen LogP contribution in [0.4, 0.5) is 0 Å². The Morgan fingerprint density at radius 2 is 1.73 bits per heavy atom. The molecule has 1 aromatic carbocycles. The number of hydrogen-bond donors (Lipinski definition) is 1. The Kier molecular flexibility index (Phi) is 6.11. The Labute approximate surface area is 130 Å². The van der Waals surface area contributed by atoms with E-state index in [1.54, 1.807) is 24.3 Å². The number of hydrogen-bond acceptors (Lipinski definition) is 4. The predicted molar refractivity (Wildman–Crippen MR) is 83.4 cm³/mol. The lowest BCUT2D eigenvalue weighted by Gasteiger charge is -2.26. The molecule has 0 bridgehead atoms. The summed E-state index contributed by atoms with van der Waals surface area (Å²) in [5.74, 6) is -1.29. The molecular formula is C15H21NO5S. The van der Waals surface area contributed by atoms with Crippen molar-refractivity contribution < 1.29 is 23.1 Å². The van der Waals surface area contributed by atoms with Gasteiger partial charge in [0.15, 0.2) is 9.84 Å². The number of carboxylic acids is 1. The number of carboxylic acid groups (broad SMARTS) is 1. The first-order valence-electron chi connectivity index (χ1n) is 6.89. The average molecular weight is 327 g/mol. The summed E-state index contributed by atoms with van der Waals surface area (Å²) in [6, 6.07) is 6.22. The van der Waals surface area contributed by atoms with E-state index in [4.69, 9.17) is 5.11 Å². The first kappa shape index (κ1) is 18.2. The number of sulfone groups is 1. The molecule has 1 N–H and O–H groups in total. The van der Waals surface area contributed by atoms with Gasteiger partial charge in [0.1, 0.15) is 0 Å². The summed E-state index contributed by atoms with van der Waals surface area (Å²) in [6.07, 6.45) is 1.04. The molecule has 22 heavy (non-hydrogen) atoms. The van der Waals surface area contributed by atoms with Gasteiger partial charge < -0.3 is 10.0 Å². The van der Waals surface area contributed by atoms with Crippen LogP contribution in [0.3, 0.4) is 0 Å². The van der Waals surface area contributed by atoms with E-state index in [0.717, 1.165) is 6.26 Å². The van der Waals surface area contributed by atoms with Crippen LogP contribution in [0.2, 0.25) is 0 Å². The number of carbonyl (C=O) groups excluding carboxylic acids is 1. The van der Waals surface area contributed by atoms with Crippen molar-refractivity contribution in [2.24, 2.45) is 0 Å². The Morgan fingerprint density at radius 3 is 2.14 bits per heavy atom. The average Bonchev–Trinajstić information content (AvgIpc) is 2.36. The van der Waals surface area contributed by atoms with Crippen molar-refractivity contribution in [2.45, 2.75) is 32.1 Å². The molecule has 0 saturated heterocycles. The molecule has 7 heteroatoms. The number of aliphatic carboxylic acids is 1. The van der Waals surface area contributed by atoms with Gasteiger partial charge in [-0.2, -0.15) is 0 Å². The minimum Gasteiger partial charge on any atom is -0.481 e. The van der Waals surface area contributed by atoms with Crippen LogP contribution >= 0.6 is 0 Å². The van der Waals surface area contributed by atoms with Gasteiger partial charge in [-0.25, -0.2) is 8.42 Å². The summed E-state index contributed by atoms with van der Waals surface area (Å²) in [7, 11) is -3.12. The van der Waals surface area contributed by atoms with Crippen LogP contribution in [0.1, 0.15) is 36.2 Å². The molecule has 122 valence electrons. The number of carbonyl (C=O) groups is 2. The van der Waals surface area contributed by atoms with Crippen LogP contribution in [0.15, 0.2) is 24.3 Å². The fraction of sp³-hybridized carbons (Fsp3) is 0.467. The van der Waals surface area contributed by atoms with Crippen LogP contribution in [0, 0.1) is 0 Å². The lowest BCUT2D eigenvalue weighted by atomic mass is 10.1. The minimum atomic E-state index is -3.12. The van der Waals surface area contributed by atoms with Gasteiger partial charge in [0, 0.05) is 24.4 Å². The molecule has 0 radical (unpaired) electrons. The highest BCUT2D eigenvalue weighted by molar-refractivity contribution is 7.89. The second-order valence-corrected chi connectivity index (χ2v) is 7.64. The zero-order valence-corrected chi connectivity index (χ0v) is 13.8. The SMILES string of the molecule is CC(C)N(CCC(=O)O)C(=O)c1ccc(CS(C)(=O)=O)cc1. The van der Waals surface area contributed by atoms with Crippen molar-refractivity contribution in [2.75, 3.05) is 12.8 Å². The van der Waals surface area contributed by atoms with Gasteiger partial charge in [-0.05, 0) is 31.5 Å². The van der Waals surface area contributed by atoms with Crippen molar-refractivity contribution >= 4 is 21.7 Å². The maximum Gasteiger partial charge on any atom is 0.305 e. The fourth-order valence-electron chi connectivity index (χ4n) is 2.02. The van der Waals surface area contributed by atoms with Gasteiger partial charge in [0.2, 0.25) is 0 Å². The first-order chi connectivity index (χ1) is 10.1. The molecule has 1 amide bonds. The molecule has 1 rings (SSSR count). The van der Waals surface area contributed by atoms with E-state index in [1.807, 2.05) is 13.8 Å². The molecular weight excluding hydrogens is 306 g/mol. The molecule has 0 atom stereocenters. The smallest absolute Gasteiger partial charge is 0.305 e. The summed E-state index contributed by atoms with van der Waals surface area (Å²) in [4.78, 5) is 24.6. The van der Waals surface area contributed by atoms with E-state index in [1.165, 1.54) is 4.90 Å². The van der Waals surface area contributed by atoms with Crippen LogP contribution in [0.25, 0.3) is 0 Å². The molecule has 6 nitrogen and oxygen atoms in total. The molecule has 0 aromatic heterocycles. The van der Waals surface area contributed by atoms with Crippen LogP contribution in [0.5, 0.6) is 0 Å². The lowest BCUT2D eigenvalue weighted by molar-refractivity contribution is -0.137. The second kappa shape index (κ2) is 7.40. The highest BCUT2D eigenvalue weighted by Crippen LogP contribution is 2.12. The largest absolute Gasteiger partial charge is 0.481 e. The number of rotatable bonds is 7. The Morgan fingerprint density at radius 1 is 1.18 bits per heavy atom. The summed E-state index contributed by atoms with van der Waals surface area (Å²) in [5.41, 5.74) is 1.03. The molecule has 0 saturated carbocycles. The topological polar surface area (TPSA) is 91.8 Å². The van der Waals surface area contributed by atoms with Crippen LogP contribution < -0.4 is 0 Å². The second-order valence-electron chi connectivity index (χ2n) is 5.50. The summed E-state index contributed by atoms with van der Waals surface area (Å²) >= 11 is 0. The standard InChI is InChI=1S/C15H21NO5S/c1-11(2)16(9-8-14(17)18)15(19)13-6-4-12(5-7-13)10-22(3,20)21/h4-7,11H,8-10H2,1-3H3,(H,17,18). The molecule has 0 aliphatic rings. The molecule has 0 aliphatic heterocycles. The third-order valence-electron chi connectivity index (χ3n) is 3.08. The quantitative estimate of drug-likeness (QED) is 0.820. The zero-order valence-electron chi connectivity index (χ0n) is 12.9. The normalized spacial score (nSPS) is 11.5. The van der Waals surface area contributed by atoms with Crippen LogP contribution in [-0.4, -0.2) is 49.1 Å². The van der Waals surface area contributed by atoms with E-state index < -0.39 is 15.8 Å². The van der Waals surface area contributed by atoms with Crippen molar-refractivity contribution in [3.05, 3.63) is 35.4 Å². The predicted octanol–water partition coefficient (Wildman–Crippen LogP) is 1.56. The third kappa shape index (κ3) is 5.85. The minimum absolute atomic E-state index is 0.0750. The molecule has 0 fully saturated rings. The maximum absolute atomic E-state index is 12.4. The maximum atomic E-state index is 12.4. The summed E-state index contributed by atoms with van der Waals surface area (Å²) < 4.78 is 22.5. The number of amides is 1. The fourth-order valence-corrected chi connectivity index (χ4v) is 2.82. The number of benzene rings is 1. The van der Waals surface area contributed by atoms with Crippen molar-refractivity contribution in [1.82, 2.24) is 4.90 Å². The molecule has 0 spiro atoms. The van der Waals surface area contributed by atoms with E-state index in [0.29, 0.717) is 11.1 Å². The lowest BCUT2D eigenvalue weighted by Crippen LogP contribution is -2.38. The Hall–Kier alpha value is -1.89. The van der Waals surface area contributed by atoms with Gasteiger partial charge >= 0.3 is 5.97 Å². The number of nitrogens with zero attached hydrogens (tertiary/aromatic N) is 1. The Bertz CT molecular complexity index is 634. The zero-order chi connectivity index (χ0) is 16.9. The van der Waals surface area contributed by atoms with Gasteiger partial charge in [0.25, 0.3) is 5.91 Å². The van der Waals surface area contributed by atoms with E-state index in [-0.39, 0.29) is 30.7 Å². The van der Waals surface area contributed by atoms with Gasteiger partial charge in [0.05, 0.1) is 12.2 Å². The van der Waals surface area contributed by atoms with E-state index in [9.17, 15) is 18.0 Å². The van der Waals surface area contributed by atoms with Crippen molar-refractivity contribution in [3.8, 4) is 0 Å².